The van der Waals surface area contributed by atoms with Crippen molar-refractivity contribution >= 4 is 11.9 Å². The molecule has 1 amide bonds. The molecule has 2 bridgehead atoms. The van der Waals surface area contributed by atoms with Crippen molar-refractivity contribution in [3.8, 4) is 5.75 Å². The molecule has 2 aliphatic rings. The Morgan fingerprint density at radius 2 is 2.17 bits per heavy atom. The van der Waals surface area contributed by atoms with Crippen LogP contribution < -0.4 is 0 Å². The van der Waals surface area contributed by atoms with E-state index in [2.05, 4.69) is 4.98 Å². The summed E-state index contributed by atoms with van der Waals surface area (Å²) in [6, 6.07) is 1.34. The smallest absolute Gasteiger partial charge is 0.314 e. The maximum absolute atomic E-state index is 12.9. The summed E-state index contributed by atoms with van der Waals surface area (Å²) < 4.78 is 5.30. The fourth-order valence-corrected chi connectivity index (χ4v) is 4.20. The highest BCUT2D eigenvalue weighted by Crippen LogP contribution is 2.52. The molecule has 0 unspecified atom stereocenters. The van der Waals surface area contributed by atoms with Crippen LogP contribution in [-0.2, 0) is 9.53 Å². The van der Waals surface area contributed by atoms with Crippen LogP contribution in [-0.4, -0.2) is 45.6 Å². The lowest BCUT2D eigenvalue weighted by atomic mass is 9.72. The molecule has 2 fully saturated rings. The van der Waals surface area contributed by atoms with Crippen molar-refractivity contribution in [1.82, 2.24) is 9.88 Å². The van der Waals surface area contributed by atoms with Crippen molar-refractivity contribution in [2.45, 2.75) is 51.6 Å². The van der Waals surface area contributed by atoms with E-state index in [0.717, 1.165) is 12.8 Å². The third kappa shape index (κ3) is 2.36. The molecule has 0 aromatic carbocycles. The Balaban J connectivity index is 1.90. The standard InChI is InChI=1S/C17H22N2O4/c1-3-17(16(22)23-4-2)8-12-5-6-14(17)19(12)15(21)11-7-13(20)10-18-9-11/h7,9-10,12,14,20H,3-6,8H2,1-2H3/t12-,14+,17+/m1/s1. The maximum atomic E-state index is 12.9. The lowest BCUT2D eigenvalue weighted by Crippen LogP contribution is -2.45. The first kappa shape index (κ1) is 15.8. The van der Waals surface area contributed by atoms with Gasteiger partial charge in [-0.1, -0.05) is 6.92 Å². The number of pyridine rings is 1. The molecular formula is C17H22N2O4. The summed E-state index contributed by atoms with van der Waals surface area (Å²) in [6.07, 6.45) is 5.79. The molecule has 0 radical (unpaired) electrons. The molecule has 6 nitrogen and oxygen atoms in total. The van der Waals surface area contributed by atoms with Crippen molar-refractivity contribution in [3.05, 3.63) is 24.0 Å². The molecule has 0 spiro atoms. The number of rotatable bonds is 4. The molecule has 23 heavy (non-hydrogen) atoms. The number of aromatic nitrogens is 1. The molecule has 3 rings (SSSR count). The van der Waals surface area contributed by atoms with Crippen LogP contribution in [0.1, 0.15) is 49.9 Å². The minimum absolute atomic E-state index is 0.0328. The second kappa shape index (κ2) is 5.83. The van der Waals surface area contributed by atoms with E-state index < -0.39 is 5.41 Å². The molecule has 2 saturated heterocycles. The monoisotopic (exact) mass is 318 g/mol. The molecule has 3 atom stereocenters. The zero-order valence-corrected chi connectivity index (χ0v) is 13.5. The number of nitrogens with zero attached hydrogens (tertiary/aromatic N) is 2. The van der Waals surface area contributed by atoms with Gasteiger partial charge in [0.05, 0.1) is 23.8 Å². The number of esters is 1. The summed E-state index contributed by atoms with van der Waals surface area (Å²) >= 11 is 0. The number of hydrogen-bond acceptors (Lipinski definition) is 5. The van der Waals surface area contributed by atoms with Crippen LogP contribution in [0.3, 0.4) is 0 Å². The van der Waals surface area contributed by atoms with Gasteiger partial charge in [0.2, 0.25) is 0 Å². The highest BCUT2D eigenvalue weighted by molar-refractivity contribution is 5.96. The first-order chi connectivity index (χ1) is 11.0. The maximum Gasteiger partial charge on any atom is 0.314 e. The van der Waals surface area contributed by atoms with Crippen LogP contribution in [0.25, 0.3) is 0 Å². The largest absolute Gasteiger partial charge is 0.506 e. The van der Waals surface area contributed by atoms with E-state index in [4.69, 9.17) is 4.74 Å². The van der Waals surface area contributed by atoms with Crippen molar-refractivity contribution in [3.63, 3.8) is 0 Å². The fourth-order valence-electron chi connectivity index (χ4n) is 4.20. The first-order valence-electron chi connectivity index (χ1n) is 8.17. The number of hydrogen-bond donors (Lipinski definition) is 1. The van der Waals surface area contributed by atoms with Gasteiger partial charge in [-0.15, -0.1) is 0 Å². The molecule has 1 aromatic rings. The van der Waals surface area contributed by atoms with Gasteiger partial charge < -0.3 is 14.7 Å². The highest BCUT2D eigenvalue weighted by atomic mass is 16.5. The first-order valence-corrected chi connectivity index (χ1v) is 8.17. The van der Waals surface area contributed by atoms with E-state index in [1.165, 1.54) is 18.5 Å². The molecule has 6 heteroatoms. The topological polar surface area (TPSA) is 79.7 Å². The number of fused-ring (bicyclic) bond motifs is 2. The number of carbonyl (C=O) groups is 2. The van der Waals surface area contributed by atoms with Crippen LogP contribution in [0.4, 0.5) is 0 Å². The lowest BCUT2D eigenvalue weighted by Gasteiger charge is -2.34. The van der Waals surface area contributed by atoms with E-state index in [-0.39, 0.29) is 29.7 Å². The van der Waals surface area contributed by atoms with Crippen LogP contribution in [0, 0.1) is 5.41 Å². The fraction of sp³-hybridized carbons (Fsp3) is 0.588. The minimum Gasteiger partial charge on any atom is -0.506 e. The predicted octanol–water partition coefficient (Wildman–Crippen LogP) is 2.12. The van der Waals surface area contributed by atoms with Crippen molar-refractivity contribution in [1.29, 1.82) is 0 Å². The van der Waals surface area contributed by atoms with E-state index in [1.54, 1.807) is 6.92 Å². The van der Waals surface area contributed by atoms with Gasteiger partial charge in [0.15, 0.2) is 0 Å². The predicted molar refractivity (Wildman–Crippen MR) is 82.9 cm³/mol. The molecule has 0 saturated carbocycles. The van der Waals surface area contributed by atoms with Gasteiger partial charge in [-0.05, 0) is 38.7 Å². The van der Waals surface area contributed by atoms with E-state index in [1.807, 2.05) is 11.8 Å². The van der Waals surface area contributed by atoms with Gasteiger partial charge in [0.25, 0.3) is 5.91 Å². The Morgan fingerprint density at radius 1 is 1.39 bits per heavy atom. The molecule has 124 valence electrons. The van der Waals surface area contributed by atoms with Gasteiger partial charge in [0, 0.05) is 18.3 Å². The van der Waals surface area contributed by atoms with E-state index >= 15 is 0 Å². The van der Waals surface area contributed by atoms with Crippen LogP contribution in [0.15, 0.2) is 18.5 Å². The van der Waals surface area contributed by atoms with Crippen molar-refractivity contribution in [2.24, 2.45) is 5.41 Å². The number of aromatic hydroxyl groups is 1. The number of carbonyl (C=O) groups excluding carboxylic acids is 2. The Hall–Kier alpha value is -2.11. The van der Waals surface area contributed by atoms with Crippen molar-refractivity contribution in [2.75, 3.05) is 6.61 Å². The van der Waals surface area contributed by atoms with Gasteiger partial charge in [-0.25, -0.2) is 0 Å². The summed E-state index contributed by atoms with van der Waals surface area (Å²) in [5, 5.41) is 9.55. The normalized spacial score (nSPS) is 28.9. The Bertz CT molecular complexity index is 633. The lowest BCUT2D eigenvalue weighted by molar-refractivity contribution is -0.157. The van der Waals surface area contributed by atoms with Crippen LogP contribution in [0.5, 0.6) is 5.75 Å². The highest BCUT2D eigenvalue weighted by Gasteiger charge is 2.61. The average Bonchev–Trinajstić information content (AvgIpc) is 3.10. The van der Waals surface area contributed by atoms with Gasteiger partial charge in [0.1, 0.15) is 5.75 Å². The third-order valence-corrected chi connectivity index (χ3v) is 5.26. The number of amides is 1. The molecule has 1 aromatic heterocycles. The minimum atomic E-state index is -0.598. The van der Waals surface area contributed by atoms with E-state index in [0.29, 0.717) is 25.0 Å². The molecule has 1 N–H and O–H groups in total. The summed E-state index contributed by atoms with van der Waals surface area (Å²) in [5.74, 6) is -0.392. The quantitative estimate of drug-likeness (QED) is 0.860. The van der Waals surface area contributed by atoms with Crippen LogP contribution in [0.2, 0.25) is 0 Å². The van der Waals surface area contributed by atoms with Crippen molar-refractivity contribution < 1.29 is 19.4 Å². The Labute approximate surface area is 135 Å². The third-order valence-electron chi connectivity index (χ3n) is 5.26. The van der Waals surface area contributed by atoms with Gasteiger partial charge >= 0.3 is 5.97 Å². The molecule has 3 heterocycles. The molecule has 2 aliphatic heterocycles. The average molecular weight is 318 g/mol. The van der Waals surface area contributed by atoms with E-state index in [9.17, 15) is 14.7 Å². The second-order valence-corrected chi connectivity index (χ2v) is 6.33. The molecule has 0 aliphatic carbocycles. The second-order valence-electron chi connectivity index (χ2n) is 6.33. The summed E-state index contributed by atoms with van der Waals surface area (Å²) in [6.45, 7) is 4.13. The zero-order chi connectivity index (χ0) is 16.6. The van der Waals surface area contributed by atoms with Gasteiger partial charge in [-0.3, -0.25) is 14.6 Å². The van der Waals surface area contributed by atoms with Gasteiger partial charge in [-0.2, -0.15) is 0 Å². The molecular weight excluding hydrogens is 296 g/mol. The zero-order valence-electron chi connectivity index (χ0n) is 13.5. The SMILES string of the molecule is CCOC(=O)[C@@]1(CC)C[C@H]2CC[C@@H]1N2C(=O)c1cncc(O)c1. The van der Waals surface area contributed by atoms with Crippen LogP contribution >= 0.6 is 0 Å². The Kier molecular flexibility index (Phi) is 4.00. The number of ether oxygens (including phenoxy) is 1. The summed E-state index contributed by atoms with van der Waals surface area (Å²) in [4.78, 5) is 31.1. The summed E-state index contributed by atoms with van der Waals surface area (Å²) in [7, 11) is 0. The Morgan fingerprint density at radius 3 is 2.83 bits per heavy atom. The summed E-state index contributed by atoms with van der Waals surface area (Å²) in [5.41, 5.74) is -0.239.